The Morgan fingerprint density at radius 2 is 2.21 bits per heavy atom. The fraction of sp³-hybridized carbons (Fsp3) is 0.500. The van der Waals surface area contributed by atoms with Crippen LogP contribution in [0.4, 0.5) is 0 Å². The summed E-state index contributed by atoms with van der Waals surface area (Å²) in [7, 11) is 0. The van der Waals surface area contributed by atoms with Gasteiger partial charge in [0.1, 0.15) is 12.2 Å². The Hall–Kier alpha value is -0.910. The third-order valence-corrected chi connectivity index (χ3v) is 4.69. The summed E-state index contributed by atoms with van der Waals surface area (Å²) in [6, 6.07) is 8.22. The first-order valence-corrected chi connectivity index (χ1v) is 7.24. The van der Waals surface area contributed by atoms with Crippen molar-refractivity contribution in [3.63, 3.8) is 0 Å². The average Bonchev–Trinajstić information content (AvgIpc) is 2.98. The van der Waals surface area contributed by atoms with Crippen LogP contribution in [0, 0.1) is 5.92 Å². The van der Waals surface area contributed by atoms with E-state index in [2.05, 4.69) is 21.2 Å². The highest BCUT2D eigenvalue weighted by Gasteiger charge is 2.53. The zero-order valence-corrected chi connectivity index (χ0v) is 12.0. The fourth-order valence-electron chi connectivity index (χ4n) is 3.38. The highest BCUT2D eigenvalue weighted by Crippen LogP contribution is 2.48. The van der Waals surface area contributed by atoms with Crippen LogP contribution >= 0.6 is 15.9 Å². The number of ether oxygens (including phenoxy) is 1. The molecule has 1 heterocycles. The molecule has 3 unspecified atom stereocenters. The second-order valence-corrected chi connectivity index (χ2v) is 6.26. The Bertz CT molecular complexity index is 490. The standard InChI is InChI=1S/C14H16BrNO3/c15-11-3-1-10(2-4-11)14(19-8-13(17)18)6-9-5-12(14)16-7-9/h1-4,9,12,16H,5-8H2,(H,17,18). The largest absolute Gasteiger partial charge is 0.480 e. The Balaban J connectivity index is 1.92. The van der Waals surface area contributed by atoms with Crippen LogP contribution in [0.15, 0.2) is 28.7 Å². The normalized spacial score (nSPS) is 32.7. The number of rotatable bonds is 4. The maximum atomic E-state index is 10.8. The number of benzene rings is 1. The molecule has 2 N–H and O–H groups in total. The van der Waals surface area contributed by atoms with Crippen molar-refractivity contribution in [2.45, 2.75) is 24.5 Å². The number of carboxylic acids is 1. The van der Waals surface area contributed by atoms with Crippen molar-refractivity contribution in [1.29, 1.82) is 0 Å². The van der Waals surface area contributed by atoms with E-state index in [1.165, 1.54) is 0 Å². The van der Waals surface area contributed by atoms with Crippen LogP contribution in [0.1, 0.15) is 18.4 Å². The summed E-state index contributed by atoms with van der Waals surface area (Å²) in [4.78, 5) is 10.8. The fourth-order valence-corrected chi connectivity index (χ4v) is 3.64. The minimum atomic E-state index is -0.917. The smallest absolute Gasteiger partial charge is 0.329 e. The summed E-state index contributed by atoms with van der Waals surface area (Å²) in [5.74, 6) is -0.332. The molecule has 0 radical (unpaired) electrons. The van der Waals surface area contributed by atoms with Gasteiger partial charge < -0.3 is 15.2 Å². The van der Waals surface area contributed by atoms with E-state index in [0.717, 1.165) is 29.4 Å². The second kappa shape index (κ2) is 4.89. The van der Waals surface area contributed by atoms with Gasteiger partial charge in [-0.2, -0.15) is 0 Å². The van der Waals surface area contributed by atoms with Gasteiger partial charge in [-0.3, -0.25) is 0 Å². The number of hydrogen-bond acceptors (Lipinski definition) is 3. The number of halogens is 1. The summed E-state index contributed by atoms with van der Waals surface area (Å²) in [6.45, 7) is 0.764. The molecule has 3 rings (SSSR count). The van der Waals surface area contributed by atoms with Crippen LogP contribution in [-0.2, 0) is 15.1 Å². The Morgan fingerprint density at radius 1 is 1.47 bits per heavy atom. The predicted octanol–water partition coefficient (Wildman–Crippen LogP) is 2.13. The average molecular weight is 326 g/mol. The molecule has 3 atom stereocenters. The number of hydrogen-bond donors (Lipinski definition) is 2. The monoisotopic (exact) mass is 325 g/mol. The van der Waals surface area contributed by atoms with Crippen molar-refractivity contribution in [2.75, 3.05) is 13.2 Å². The third-order valence-electron chi connectivity index (χ3n) is 4.16. The number of fused-ring (bicyclic) bond motifs is 2. The minimum absolute atomic E-state index is 0.220. The molecule has 1 aromatic rings. The number of nitrogens with one attached hydrogen (secondary N) is 1. The maximum absolute atomic E-state index is 10.8. The van der Waals surface area contributed by atoms with Gasteiger partial charge in [0.2, 0.25) is 0 Å². The van der Waals surface area contributed by atoms with E-state index >= 15 is 0 Å². The molecular formula is C14H16BrNO3. The quantitative estimate of drug-likeness (QED) is 0.890. The summed E-state index contributed by atoms with van der Waals surface area (Å²) in [5.41, 5.74) is 0.582. The van der Waals surface area contributed by atoms with Crippen molar-refractivity contribution in [3.05, 3.63) is 34.3 Å². The van der Waals surface area contributed by atoms with Gasteiger partial charge in [0.15, 0.2) is 0 Å². The molecule has 0 spiro atoms. The second-order valence-electron chi connectivity index (χ2n) is 5.35. The molecule has 102 valence electrons. The number of carboxylic acid groups (broad SMARTS) is 1. The van der Waals surface area contributed by atoms with E-state index in [9.17, 15) is 4.79 Å². The molecule has 1 aromatic carbocycles. The van der Waals surface area contributed by atoms with Crippen molar-refractivity contribution >= 4 is 21.9 Å². The Kier molecular flexibility index (Phi) is 3.37. The van der Waals surface area contributed by atoms with E-state index < -0.39 is 11.6 Å². The molecule has 2 fully saturated rings. The molecule has 1 aliphatic carbocycles. The van der Waals surface area contributed by atoms with E-state index in [0.29, 0.717) is 5.92 Å². The number of piperidine rings is 1. The lowest BCUT2D eigenvalue weighted by Crippen LogP contribution is -2.48. The van der Waals surface area contributed by atoms with Crippen LogP contribution < -0.4 is 5.32 Å². The maximum Gasteiger partial charge on any atom is 0.329 e. The van der Waals surface area contributed by atoms with Crippen molar-refractivity contribution in [2.24, 2.45) is 5.92 Å². The van der Waals surface area contributed by atoms with Gasteiger partial charge in [-0.1, -0.05) is 28.1 Å². The summed E-state index contributed by atoms with van der Waals surface area (Å²) in [5, 5.41) is 12.4. The van der Waals surface area contributed by atoms with Gasteiger partial charge in [0.25, 0.3) is 0 Å². The summed E-state index contributed by atoms with van der Waals surface area (Å²) < 4.78 is 6.85. The predicted molar refractivity (Wildman–Crippen MR) is 73.9 cm³/mol. The molecule has 5 heteroatoms. The summed E-state index contributed by atoms with van der Waals surface area (Å²) >= 11 is 3.42. The lowest BCUT2D eigenvalue weighted by Gasteiger charge is -2.38. The van der Waals surface area contributed by atoms with Crippen molar-refractivity contribution in [3.8, 4) is 0 Å². The highest BCUT2D eigenvalue weighted by molar-refractivity contribution is 9.10. The van der Waals surface area contributed by atoms with E-state index in [1.807, 2.05) is 24.3 Å². The van der Waals surface area contributed by atoms with Gasteiger partial charge in [-0.15, -0.1) is 0 Å². The van der Waals surface area contributed by atoms with Crippen LogP contribution in [0.5, 0.6) is 0 Å². The van der Waals surface area contributed by atoms with Crippen LogP contribution in [-0.4, -0.2) is 30.3 Å². The molecule has 0 aromatic heterocycles. The Morgan fingerprint density at radius 3 is 2.74 bits per heavy atom. The minimum Gasteiger partial charge on any atom is -0.480 e. The first-order chi connectivity index (χ1) is 9.10. The lowest BCUT2D eigenvalue weighted by atomic mass is 9.86. The molecule has 2 aliphatic rings. The molecule has 1 aliphatic heterocycles. The molecule has 1 saturated carbocycles. The highest BCUT2D eigenvalue weighted by atomic mass is 79.9. The number of aliphatic carboxylic acids is 1. The van der Waals surface area contributed by atoms with Crippen LogP contribution in [0.3, 0.4) is 0 Å². The van der Waals surface area contributed by atoms with Crippen molar-refractivity contribution in [1.82, 2.24) is 5.32 Å². The van der Waals surface area contributed by atoms with E-state index in [1.54, 1.807) is 0 Å². The number of carbonyl (C=O) groups is 1. The van der Waals surface area contributed by atoms with Gasteiger partial charge in [-0.05, 0) is 43.0 Å². The molecule has 1 saturated heterocycles. The van der Waals surface area contributed by atoms with Crippen LogP contribution in [0.2, 0.25) is 0 Å². The zero-order valence-electron chi connectivity index (χ0n) is 10.4. The van der Waals surface area contributed by atoms with Gasteiger partial charge in [0.05, 0.1) is 0 Å². The van der Waals surface area contributed by atoms with Gasteiger partial charge >= 0.3 is 5.97 Å². The molecular weight excluding hydrogens is 310 g/mol. The van der Waals surface area contributed by atoms with E-state index in [4.69, 9.17) is 9.84 Å². The van der Waals surface area contributed by atoms with E-state index in [-0.39, 0.29) is 12.6 Å². The van der Waals surface area contributed by atoms with Crippen LogP contribution in [0.25, 0.3) is 0 Å². The molecule has 19 heavy (non-hydrogen) atoms. The lowest BCUT2D eigenvalue weighted by molar-refractivity contribution is -0.153. The topological polar surface area (TPSA) is 58.6 Å². The van der Waals surface area contributed by atoms with Crippen molar-refractivity contribution < 1.29 is 14.6 Å². The zero-order chi connectivity index (χ0) is 13.5. The molecule has 0 amide bonds. The molecule has 2 bridgehead atoms. The Labute approximate surface area is 120 Å². The SMILES string of the molecule is O=C(O)COC1(c2ccc(Br)cc2)CC2CNC1C2. The first-order valence-electron chi connectivity index (χ1n) is 6.45. The van der Waals surface area contributed by atoms with Gasteiger partial charge in [-0.25, -0.2) is 4.79 Å². The van der Waals surface area contributed by atoms with Gasteiger partial charge in [0, 0.05) is 10.5 Å². The first kappa shape index (κ1) is 13.1. The summed E-state index contributed by atoms with van der Waals surface area (Å²) in [6.07, 6.45) is 1.97. The third kappa shape index (κ3) is 2.30. The molecule has 4 nitrogen and oxygen atoms in total.